The summed E-state index contributed by atoms with van der Waals surface area (Å²) in [6, 6.07) is 24.7. The number of rotatable bonds is 4. The third kappa shape index (κ3) is 6.80. The van der Waals surface area contributed by atoms with Gasteiger partial charge in [0, 0.05) is 5.02 Å². The minimum Gasteiger partial charge on any atom is -0.481 e. The van der Waals surface area contributed by atoms with E-state index in [1.165, 1.54) is 0 Å². The van der Waals surface area contributed by atoms with E-state index in [4.69, 9.17) is 21.8 Å². The molecule has 158 valence electrons. The molecule has 3 aromatic rings. The molecule has 0 spiro atoms. The molecule has 3 unspecified atom stereocenters. The quantitative estimate of drug-likeness (QED) is 0.527. The topological polar surface area (TPSA) is 80.4 Å². The molecule has 0 aromatic heterocycles. The summed E-state index contributed by atoms with van der Waals surface area (Å²) >= 11 is 5.81. The fourth-order valence-corrected chi connectivity index (χ4v) is 3.49. The Morgan fingerprint density at radius 3 is 1.87 bits per heavy atom. The highest BCUT2D eigenvalue weighted by molar-refractivity contribution is 7.82. The van der Waals surface area contributed by atoms with Crippen molar-refractivity contribution in [2.45, 2.75) is 31.1 Å². The molecule has 1 saturated carbocycles. The van der Waals surface area contributed by atoms with Crippen molar-refractivity contribution in [3.8, 4) is 11.1 Å². The first-order valence-corrected chi connectivity index (χ1v) is 11.3. The van der Waals surface area contributed by atoms with Gasteiger partial charge in [-0.1, -0.05) is 80.0 Å². The standard InChI is InChI=1S/C12H10ClNOS.C10H10O2.C2H6/c13-11-5-1-9(2-6-11)10-3-7-12(8-4-10)16(14)15;11-10(12)9-6-8(9)7-4-2-1-3-5-7;1-2/h1-8H,14H2;1-5,8-9H,6H2,(H,11,12);1-2H3. The molecule has 0 aliphatic heterocycles. The normalized spacial score (nSPS) is 17.5. The van der Waals surface area contributed by atoms with Crippen LogP contribution in [-0.4, -0.2) is 15.3 Å². The molecule has 6 heteroatoms. The molecule has 4 rings (SSSR count). The van der Waals surface area contributed by atoms with Gasteiger partial charge in [-0.25, -0.2) is 9.35 Å². The smallest absolute Gasteiger partial charge is 0.307 e. The highest BCUT2D eigenvalue weighted by Crippen LogP contribution is 2.47. The van der Waals surface area contributed by atoms with Crippen molar-refractivity contribution in [2.75, 3.05) is 0 Å². The Balaban J connectivity index is 0.000000204. The van der Waals surface area contributed by atoms with Crippen LogP contribution in [0.5, 0.6) is 0 Å². The predicted molar refractivity (Wildman–Crippen MR) is 124 cm³/mol. The highest BCUT2D eigenvalue weighted by Gasteiger charge is 2.43. The lowest BCUT2D eigenvalue weighted by atomic mass is 10.1. The molecule has 3 atom stereocenters. The summed E-state index contributed by atoms with van der Waals surface area (Å²) in [7, 11) is -1.42. The maximum atomic E-state index is 11.0. The van der Waals surface area contributed by atoms with Gasteiger partial charge in [-0.05, 0) is 53.3 Å². The van der Waals surface area contributed by atoms with Gasteiger partial charge >= 0.3 is 5.97 Å². The third-order valence-electron chi connectivity index (χ3n) is 4.60. The lowest BCUT2D eigenvalue weighted by Crippen LogP contribution is -2.01. The molecule has 0 radical (unpaired) electrons. The van der Waals surface area contributed by atoms with Crippen LogP contribution in [0, 0.1) is 5.92 Å². The summed E-state index contributed by atoms with van der Waals surface area (Å²) < 4.78 is 11.0. The predicted octanol–water partition coefficient (Wildman–Crippen LogP) is 5.89. The number of carboxylic acids is 1. The molecule has 3 aromatic carbocycles. The van der Waals surface area contributed by atoms with Gasteiger partial charge in [-0.15, -0.1) is 0 Å². The zero-order valence-corrected chi connectivity index (χ0v) is 18.6. The van der Waals surface area contributed by atoms with E-state index in [-0.39, 0.29) is 11.8 Å². The van der Waals surface area contributed by atoms with E-state index in [0.29, 0.717) is 9.92 Å². The molecule has 0 heterocycles. The van der Waals surface area contributed by atoms with Gasteiger partial charge in [0.15, 0.2) is 0 Å². The van der Waals surface area contributed by atoms with Crippen LogP contribution in [0.2, 0.25) is 5.02 Å². The van der Waals surface area contributed by atoms with Crippen molar-refractivity contribution in [2.24, 2.45) is 11.1 Å². The zero-order chi connectivity index (χ0) is 22.1. The number of carbonyl (C=O) groups is 1. The maximum absolute atomic E-state index is 11.0. The summed E-state index contributed by atoms with van der Waals surface area (Å²) in [6.45, 7) is 4.00. The molecule has 1 aliphatic rings. The van der Waals surface area contributed by atoms with Crippen LogP contribution in [0.25, 0.3) is 11.1 Å². The van der Waals surface area contributed by atoms with E-state index in [1.807, 2.05) is 80.6 Å². The molecule has 0 saturated heterocycles. The van der Waals surface area contributed by atoms with Gasteiger partial charge in [0.1, 0.15) is 11.0 Å². The van der Waals surface area contributed by atoms with Gasteiger partial charge in [0.2, 0.25) is 0 Å². The summed E-state index contributed by atoms with van der Waals surface area (Å²) in [5.41, 5.74) is 3.27. The Labute approximate surface area is 185 Å². The Morgan fingerprint density at radius 2 is 1.43 bits per heavy atom. The number of halogens is 1. The fraction of sp³-hybridized carbons (Fsp3) is 0.208. The second kappa shape index (κ2) is 11.6. The van der Waals surface area contributed by atoms with Crippen molar-refractivity contribution in [3.63, 3.8) is 0 Å². The molecule has 4 nitrogen and oxygen atoms in total. The number of benzene rings is 3. The second-order valence-electron chi connectivity index (χ2n) is 6.53. The van der Waals surface area contributed by atoms with E-state index in [0.717, 1.165) is 23.1 Å². The molecule has 1 aliphatic carbocycles. The lowest BCUT2D eigenvalue weighted by Gasteiger charge is -2.02. The minimum atomic E-state index is -1.42. The van der Waals surface area contributed by atoms with Crippen molar-refractivity contribution < 1.29 is 14.1 Å². The van der Waals surface area contributed by atoms with Crippen molar-refractivity contribution in [1.29, 1.82) is 0 Å². The summed E-state index contributed by atoms with van der Waals surface area (Å²) in [5, 5.41) is 14.7. The van der Waals surface area contributed by atoms with Crippen LogP contribution in [0.4, 0.5) is 0 Å². The highest BCUT2D eigenvalue weighted by atomic mass is 35.5. The van der Waals surface area contributed by atoms with Gasteiger partial charge in [-0.3, -0.25) is 4.79 Å². The van der Waals surface area contributed by atoms with E-state index < -0.39 is 17.0 Å². The average Bonchev–Trinajstić information content (AvgIpc) is 3.58. The van der Waals surface area contributed by atoms with Crippen molar-refractivity contribution >= 4 is 28.6 Å². The van der Waals surface area contributed by atoms with E-state index in [2.05, 4.69) is 0 Å². The Bertz CT molecular complexity index is 960. The number of nitrogens with two attached hydrogens (primary N) is 1. The zero-order valence-electron chi connectivity index (χ0n) is 17.0. The average molecular weight is 444 g/mol. The Morgan fingerprint density at radius 1 is 0.933 bits per heavy atom. The number of hydrogen-bond acceptors (Lipinski definition) is 2. The van der Waals surface area contributed by atoms with Crippen molar-refractivity contribution in [1.82, 2.24) is 0 Å². The van der Waals surface area contributed by atoms with Crippen LogP contribution >= 0.6 is 11.6 Å². The summed E-state index contributed by atoms with van der Waals surface area (Å²) in [6.07, 6.45) is 0.805. The summed E-state index contributed by atoms with van der Waals surface area (Å²) in [5.74, 6) is -0.528. The van der Waals surface area contributed by atoms with Crippen LogP contribution in [-0.2, 0) is 15.8 Å². The van der Waals surface area contributed by atoms with Crippen LogP contribution < -0.4 is 5.14 Å². The van der Waals surface area contributed by atoms with Gasteiger partial charge < -0.3 is 5.11 Å². The first-order valence-electron chi connectivity index (χ1n) is 9.75. The van der Waals surface area contributed by atoms with Gasteiger partial charge in [0.05, 0.1) is 10.8 Å². The first-order chi connectivity index (χ1) is 14.5. The van der Waals surface area contributed by atoms with Crippen LogP contribution in [0.1, 0.15) is 31.7 Å². The number of carboxylic acid groups (broad SMARTS) is 1. The largest absolute Gasteiger partial charge is 0.481 e. The number of aliphatic carboxylic acids is 1. The summed E-state index contributed by atoms with van der Waals surface area (Å²) in [4.78, 5) is 11.2. The first kappa shape index (κ1) is 23.8. The van der Waals surface area contributed by atoms with Crippen molar-refractivity contribution in [3.05, 3.63) is 89.4 Å². The molecule has 1 fully saturated rings. The molecular weight excluding hydrogens is 418 g/mol. The monoisotopic (exact) mass is 443 g/mol. The third-order valence-corrected chi connectivity index (χ3v) is 5.59. The molecule has 0 amide bonds. The van der Waals surface area contributed by atoms with Crippen LogP contribution in [0.15, 0.2) is 83.8 Å². The second-order valence-corrected chi connectivity index (χ2v) is 8.03. The Hall–Kier alpha value is -2.47. The minimum absolute atomic E-state index is 0.132. The van der Waals surface area contributed by atoms with Crippen LogP contribution in [0.3, 0.4) is 0 Å². The molecule has 30 heavy (non-hydrogen) atoms. The van der Waals surface area contributed by atoms with E-state index in [9.17, 15) is 9.00 Å². The molecule has 3 N–H and O–H groups in total. The van der Waals surface area contributed by atoms with Gasteiger partial charge in [-0.2, -0.15) is 0 Å². The number of hydrogen-bond donors (Lipinski definition) is 2. The van der Waals surface area contributed by atoms with Gasteiger partial charge in [0.25, 0.3) is 0 Å². The Kier molecular flexibility index (Phi) is 9.24. The van der Waals surface area contributed by atoms with E-state index >= 15 is 0 Å². The fourth-order valence-electron chi connectivity index (χ4n) is 2.96. The lowest BCUT2D eigenvalue weighted by molar-refractivity contribution is -0.138. The molecule has 0 bridgehead atoms. The molecular formula is C24H26ClNO3S. The van der Waals surface area contributed by atoms with E-state index in [1.54, 1.807) is 12.1 Å². The SMILES string of the molecule is CC.NS(=O)c1ccc(-c2ccc(Cl)cc2)cc1.O=C(O)C1CC1c1ccccc1. The maximum Gasteiger partial charge on any atom is 0.307 e.